The van der Waals surface area contributed by atoms with Crippen LogP contribution in [0.2, 0.25) is 5.02 Å². The molecule has 2 heterocycles. The van der Waals surface area contributed by atoms with Crippen molar-refractivity contribution in [1.82, 2.24) is 14.8 Å². The van der Waals surface area contributed by atoms with E-state index in [2.05, 4.69) is 15.2 Å². The van der Waals surface area contributed by atoms with Crippen molar-refractivity contribution in [3.05, 3.63) is 45.9 Å². The fourth-order valence-corrected chi connectivity index (χ4v) is 3.92. The van der Waals surface area contributed by atoms with Gasteiger partial charge in [0.1, 0.15) is 0 Å². The van der Waals surface area contributed by atoms with E-state index < -0.39 is 0 Å². The molecule has 1 aliphatic heterocycles. The zero-order valence-electron chi connectivity index (χ0n) is 14.6. The molecule has 1 fully saturated rings. The fourth-order valence-electron chi connectivity index (χ4n) is 2.95. The number of carbonyl (C=O) groups excluding carboxylic acids is 2. The van der Waals surface area contributed by atoms with Gasteiger partial charge in [-0.3, -0.25) is 14.5 Å². The summed E-state index contributed by atoms with van der Waals surface area (Å²) in [5.74, 6) is -0.131. The lowest BCUT2D eigenvalue weighted by Crippen LogP contribution is -2.35. The first-order valence-electron chi connectivity index (χ1n) is 8.51. The number of carbonyl (C=O) groups is 2. The van der Waals surface area contributed by atoms with Crippen molar-refractivity contribution in [2.24, 2.45) is 0 Å². The summed E-state index contributed by atoms with van der Waals surface area (Å²) in [6.45, 7) is 5.24. The van der Waals surface area contributed by atoms with Crippen LogP contribution in [0.1, 0.15) is 29.4 Å². The summed E-state index contributed by atoms with van der Waals surface area (Å²) in [6, 6.07) is 7.17. The molecule has 0 spiro atoms. The van der Waals surface area contributed by atoms with E-state index in [4.69, 9.17) is 11.6 Å². The van der Waals surface area contributed by atoms with Crippen molar-refractivity contribution in [2.45, 2.75) is 19.9 Å². The second kappa shape index (κ2) is 8.62. The maximum Gasteiger partial charge on any atom is 0.255 e. The number of halogens is 1. The molecule has 26 heavy (non-hydrogen) atoms. The Morgan fingerprint density at radius 2 is 2.04 bits per heavy atom. The van der Waals surface area contributed by atoms with Crippen LogP contribution in [0.5, 0.6) is 0 Å². The molecule has 1 N–H and O–H groups in total. The number of anilines is 1. The number of benzene rings is 1. The highest BCUT2D eigenvalue weighted by atomic mass is 35.5. The van der Waals surface area contributed by atoms with Crippen LogP contribution in [0.25, 0.3) is 0 Å². The van der Waals surface area contributed by atoms with E-state index in [0.29, 0.717) is 28.8 Å². The Labute approximate surface area is 161 Å². The van der Waals surface area contributed by atoms with Gasteiger partial charge in [-0.25, -0.2) is 4.98 Å². The van der Waals surface area contributed by atoms with Gasteiger partial charge in [-0.15, -0.1) is 11.3 Å². The number of hydrogen-bond donors (Lipinski definition) is 1. The molecule has 3 rings (SSSR count). The van der Waals surface area contributed by atoms with Crippen molar-refractivity contribution < 1.29 is 9.59 Å². The number of rotatable bonds is 4. The number of aromatic nitrogens is 1. The molecule has 1 saturated heterocycles. The Morgan fingerprint density at radius 3 is 2.81 bits per heavy atom. The molecule has 0 atom stereocenters. The molecule has 1 aliphatic rings. The molecular formula is C18H21ClN4O2S. The second-order valence-electron chi connectivity index (χ2n) is 6.23. The third kappa shape index (κ3) is 4.81. The molecule has 1 aromatic carbocycles. The van der Waals surface area contributed by atoms with Gasteiger partial charge in [0.2, 0.25) is 5.91 Å². The van der Waals surface area contributed by atoms with Gasteiger partial charge in [0.05, 0.1) is 16.3 Å². The largest absolute Gasteiger partial charge is 0.337 e. The number of nitrogens with one attached hydrogen (secondary N) is 1. The summed E-state index contributed by atoms with van der Waals surface area (Å²) in [4.78, 5) is 32.4. The summed E-state index contributed by atoms with van der Waals surface area (Å²) in [5.41, 5.74) is 1.49. The Balaban J connectivity index is 1.58. The normalized spacial score (nSPS) is 15.5. The van der Waals surface area contributed by atoms with Crippen LogP contribution in [-0.2, 0) is 11.3 Å². The molecule has 0 unspecified atom stereocenters. The van der Waals surface area contributed by atoms with Gasteiger partial charge in [-0.05, 0) is 18.6 Å². The van der Waals surface area contributed by atoms with E-state index in [1.165, 1.54) is 18.3 Å². The van der Waals surface area contributed by atoms with E-state index >= 15 is 0 Å². The molecule has 6 nitrogen and oxygen atoms in total. The van der Waals surface area contributed by atoms with Gasteiger partial charge in [-0.1, -0.05) is 23.7 Å². The van der Waals surface area contributed by atoms with Crippen molar-refractivity contribution in [2.75, 3.05) is 31.5 Å². The van der Waals surface area contributed by atoms with Gasteiger partial charge in [0.15, 0.2) is 5.13 Å². The first kappa shape index (κ1) is 18.8. The van der Waals surface area contributed by atoms with Crippen molar-refractivity contribution >= 4 is 39.9 Å². The van der Waals surface area contributed by atoms with Gasteiger partial charge < -0.3 is 10.2 Å². The van der Waals surface area contributed by atoms with Gasteiger partial charge in [-0.2, -0.15) is 0 Å². The summed E-state index contributed by atoms with van der Waals surface area (Å²) in [5, 5.41) is 5.78. The number of amides is 2. The Kier molecular flexibility index (Phi) is 6.24. The molecule has 0 radical (unpaired) electrons. The van der Waals surface area contributed by atoms with Crippen LogP contribution in [0, 0.1) is 0 Å². The standard InChI is InChI=1S/C18H21ClN4O2S/c1-13(24)20-18-21-14(12-26-18)11-22-7-4-8-23(10-9-22)17(25)15-5-2-3-6-16(15)19/h2-3,5-6,12H,4,7-11H2,1H3,(H,20,21,24). The number of nitrogens with zero attached hydrogens (tertiary/aromatic N) is 3. The minimum atomic E-state index is -0.116. The van der Waals surface area contributed by atoms with Crippen molar-refractivity contribution in [3.8, 4) is 0 Å². The smallest absolute Gasteiger partial charge is 0.255 e. The minimum absolute atomic E-state index is 0.0148. The van der Waals surface area contributed by atoms with Gasteiger partial charge >= 0.3 is 0 Å². The highest BCUT2D eigenvalue weighted by molar-refractivity contribution is 7.13. The second-order valence-corrected chi connectivity index (χ2v) is 7.49. The molecule has 138 valence electrons. The lowest BCUT2D eigenvalue weighted by atomic mass is 10.2. The van der Waals surface area contributed by atoms with Crippen molar-refractivity contribution in [1.29, 1.82) is 0 Å². The van der Waals surface area contributed by atoms with Crippen LogP contribution in [0.4, 0.5) is 5.13 Å². The Morgan fingerprint density at radius 1 is 1.23 bits per heavy atom. The summed E-state index contributed by atoms with van der Waals surface area (Å²) < 4.78 is 0. The van der Waals surface area contributed by atoms with E-state index in [1.807, 2.05) is 22.4 Å². The minimum Gasteiger partial charge on any atom is -0.337 e. The first-order valence-corrected chi connectivity index (χ1v) is 9.77. The fraction of sp³-hybridized carbons (Fsp3) is 0.389. The first-order chi connectivity index (χ1) is 12.5. The highest BCUT2D eigenvalue weighted by Gasteiger charge is 2.22. The molecule has 0 saturated carbocycles. The number of hydrogen-bond acceptors (Lipinski definition) is 5. The zero-order valence-corrected chi connectivity index (χ0v) is 16.1. The van der Waals surface area contributed by atoms with Crippen LogP contribution in [0.3, 0.4) is 0 Å². The predicted octanol–water partition coefficient (Wildman–Crippen LogP) is 3.10. The van der Waals surface area contributed by atoms with E-state index in [0.717, 1.165) is 31.7 Å². The average molecular weight is 393 g/mol. The van der Waals surface area contributed by atoms with E-state index in [1.54, 1.807) is 12.1 Å². The molecular weight excluding hydrogens is 372 g/mol. The lowest BCUT2D eigenvalue weighted by molar-refractivity contribution is -0.114. The monoisotopic (exact) mass is 392 g/mol. The summed E-state index contributed by atoms with van der Waals surface area (Å²) in [6.07, 6.45) is 0.902. The van der Waals surface area contributed by atoms with Crippen LogP contribution in [0.15, 0.2) is 29.6 Å². The maximum absolute atomic E-state index is 12.7. The molecule has 8 heteroatoms. The summed E-state index contributed by atoms with van der Waals surface area (Å²) >= 11 is 7.59. The topological polar surface area (TPSA) is 65.5 Å². The summed E-state index contributed by atoms with van der Waals surface area (Å²) in [7, 11) is 0. The molecule has 0 bridgehead atoms. The highest BCUT2D eigenvalue weighted by Crippen LogP contribution is 2.20. The van der Waals surface area contributed by atoms with Gasteiger partial charge in [0, 0.05) is 45.0 Å². The number of thiazole rings is 1. The predicted molar refractivity (Wildman–Crippen MR) is 104 cm³/mol. The molecule has 2 aromatic rings. The zero-order chi connectivity index (χ0) is 18.5. The SMILES string of the molecule is CC(=O)Nc1nc(CN2CCCN(C(=O)c3ccccc3Cl)CC2)cs1. The Bertz CT molecular complexity index is 795. The van der Waals surface area contributed by atoms with Gasteiger partial charge in [0.25, 0.3) is 5.91 Å². The Hall–Kier alpha value is -1.96. The van der Waals surface area contributed by atoms with Crippen LogP contribution in [-0.4, -0.2) is 52.8 Å². The third-order valence-electron chi connectivity index (χ3n) is 4.20. The maximum atomic E-state index is 12.7. The van der Waals surface area contributed by atoms with E-state index in [-0.39, 0.29) is 11.8 Å². The van der Waals surface area contributed by atoms with Crippen molar-refractivity contribution in [3.63, 3.8) is 0 Å². The van der Waals surface area contributed by atoms with E-state index in [9.17, 15) is 9.59 Å². The van der Waals surface area contributed by atoms with Crippen LogP contribution >= 0.6 is 22.9 Å². The van der Waals surface area contributed by atoms with Crippen LogP contribution < -0.4 is 5.32 Å². The molecule has 1 aromatic heterocycles. The molecule has 0 aliphatic carbocycles. The quantitative estimate of drug-likeness (QED) is 0.868. The third-order valence-corrected chi connectivity index (χ3v) is 5.34. The average Bonchev–Trinajstić information content (AvgIpc) is 2.89. The lowest BCUT2D eigenvalue weighted by Gasteiger charge is -2.22. The molecule has 2 amide bonds.